The number of piperidine rings is 1. The Morgan fingerprint density at radius 1 is 1.21 bits per heavy atom. The second-order valence-electron chi connectivity index (χ2n) is 7.71. The molecule has 0 spiro atoms. The molecule has 28 heavy (non-hydrogen) atoms. The summed E-state index contributed by atoms with van der Waals surface area (Å²) in [6, 6.07) is 12.1. The van der Waals surface area contributed by atoms with Crippen molar-refractivity contribution in [2.75, 3.05) is 51.3 Å². The maximum absolute atomic E-state index is 5.55. The number of aliphatic imine (C=N–C) groups is 1. The molecule has 3 rings (SSSR count). The van der Waals surface area contributed by atoms with E-state index in [9.17, 15) is 0 Å². The van der Waals surface area contributed by atoms with Crippen molar-refractivity contribution in [2.24, 2.45) is 4.99 Å². The summed E-state index contributed by atoms with van der Waals surface area (Å²) >= 11 is 0. The monoisotopic (exact) mass is 501 g/mol. The van der Waals surface area contributed by atoms with Crippen LogP contribution in [0.25, 0.3) is 0 Å². The Labute approximate surface area is 187 Å². The first-order valence-corrected chi connectivity index (χ1v) is 10.3. The lowest BCUT2D eigenvalue weighted by Crippen LogP contribution is -2.54. The van der Waals surface area contributed by atoms with Gasteiger partial charge in [-0.05, 0) is 38.8 Å². The number of hydrogen-bond donors (Lipinski definition) is 2. The van der Waals surface area contributed by atoms with E-state index in [4.69, 9.17) is 4.74 Å². The minimum atomic E-state index is 0. The average molecular weight is 501 g/mol. The van der Waals surface area contributed by atoms with E-state index in [0.29, 0.717) is 18.1 Å². The molecule has 0 radical (unpaired) electrons. The zero-order valence-electron chi connectivity index (χ0n) is 17.4. The molecule has 2 N–H and O–H groups in total. The van der Waals surface area contributed by atoms with Crippen LogP contribution in [-0.4, -0.2) is 75.4 Å². The van der Waals surface area contributed by atoms with E-state index < -0.39 is 0 Å². The quantitative estimate of drug-likeness (QED) is 0.369. The van der Waals surface area contributed by atoms with E-state index in [-0.39, 0.29) is 24.0 Å². The highest BCUT2D eigenvalue weighted by molar-refractivity contribution is 14.0. The fourth-order valence-electron chi connectivity index (χ4n) is 4.07. The third-order valence-electron chi connectivity index (χ3n) is 5.73. The van der Waals surface area contributed by atoms with E-state index in [0.717, 1.165) is 58.2 Å². The van der Waals surface area contributed by atoms with Gasteiger partial charge >= 0.3 is 0 Å². The third kappa shape index (κ3) is 6.49. The summed E-state index contributed by atoms with van der Waals surface area (Å²) in [7, 11) is 1.86. The first-order valence-electron chi connectivity index (χ1n) is 10.3. The van der Waals surface area contributed by atoms with Crippen LogP contribution in [0.2, 0.25) is 0 Å². The molecule has 2 atom stereocenters. The van der Waals surface area contributed by atoms with Crippen LogP contribution >= 0.6 is 24.0 Å². The lowest BCUT2D eigenvalue weighted by Gasteiger charge is -2.38. The van der Waals surface area contributed by atoms with Gasteiger partial charge in [0.05, 0.1) is 13.2 Å². The molecule has 0 amide bonds. The number of benzene rings is 1. The van der Waals surface area contributed by atoms with Crippen LogP contribution in [0.5, 0.6) is 0 Å². The van der Waals surface area contributed by atoms with Crippen LogP contribution in [-0.2, 0) is 4.74 Å². The molecule has 0 aromatic heterocycles. The largest absolute Gasteiger partial charge is 0.379 e. The smallest absolute Gasteiger partial charge is 0.191 e. The summed E-state index contributed by atoms with van der Waals surface area (Å²) in [5, 5.41) is 7.14. The molecule has 1 aromatic carbocycles. The fourth-order valence-corrected chi connectivity index (χ4v) is 4.07. The van der Waals surface area contributed by atoms with Crippen LogP contribution in [0.4, 0.5) is 5.69 Å². The van der Waals surface area contributed by atoms with Gasteiger partial charge in [-0.1, -0.05) is 18.2 Å². The third-order valence-corrected chi connectivity index (χ3v) is 5.73. The Morgan fingerprint density at radius 3 is 2.57 bits per heavy atom. The number of rotatable bonds is 5. The first-order chi connectivity index (χ1) is 13.2. The van der Waals surface area contributed by atoms with Crippen molar-refractivity contribution in [1.82, 2.24) is 15.5 Å². The molecule has 0 bridgehead atoms. The molecular formula is C21H36IN5O. The van der Waals surface area contributed by atoms with Crippen molar-refractivity contribution in [3.63, 3.8) is 0 Å². The molecule has 0 saturated carbocycles. The van der Waals surface area contributed by atoms with Crippen LogP contribution in [0, 0.1) is 0 Å². The van der Waals surface area contributed by atoms with Gasteiger partial charge in [-0.15, -0.1) is 24.0 Å². The highest BCUT2D eigenvalue weighted by Crippen LogP contribution is 2.19. The number of para-hydroxylation sites is 1. The zero-order chi connectivity index (χ0) is 19.1. The Bertz CT molecular complexity index is 592. The number of nitrogens with one attached hydrogen (secondary N) is 2. The van der Waals surface area contributed by atoms with Gasteiger partial charge in [0, 0.05) is 57.0 Å². The predicted molar refractivity (Wildman–Crippen MR) is 128 cm³/mol. The summed E-state index contributed by atoms with van der Waals surface area (Å²) in [5.74, 6) is 0.918. The Kier molecular flexibility index (Phi) is 9.81. The minimum absolute atomic E-state index is 0. The lowest BCUT2D eigenvalue weighted by molar-refractivity contribution is -0.0174. The van der Waals surface area contributed by atoms with Gasteiger partial charge in [-0.2, -0.15) is 0 Å². The normalized spacial score (nSPS) is 23.0. The fraction of sp³-hybridized carbons (Fsp3) is 0.667. The Balaban J connectivity index is 0.00000280. The van der Waals surface area contributed by atoms with Crippen LogP contribution in [0.3, 0.4) is 0 Å². The van der Waals surface area contributed by atoms with Gasteiger partial charge in [0.15, 0.2) is 5.96 Å². The first kappa shape index (κ1) is 23.2. The van der Waals surface area contributed by atoms with Gasteiger partial charge in [-0.3, -0.25) is 9.89 Å². The lowest BCUT2D eigenvalue weighted by atomic mass is 10.0. The van der Waals surface area contributed by atoms with Gasteiger partial charge < -0.3 is 20.3 Å². The number of nitrogens with zero attached hydrogens (tertiary/aromatic N) is 3. The maximum Gasteiger partial charge on any atom is 0.191 e. The van der Waals surface area contributed by atoms with Crippen LogP contribution in [0.15, 0.2) is 35.3 Å². The second-order valence-corrected chi connectivity index (χ2v) is 7.71. The van der Waals surface area contributed by atoms with E-state index >= 15 is 0 Å². The van der Waals surface area contributed by atoms with E-state index in [1.807, 2.05) is 7.05 Å². The molecule has 1 aromatic rings. The summed E-state index contributed by atoms with van der Waals surface area (Å²) < 4.78 is 5.55. The molecule has 2 fully saturated rings. The molecule has 2 heterocycles. The Hall–Kier alpha value is -1.06. The SMILES string of the molecule is CN=C(NCC(C)N1CCOCC1C)NC1CCN(c2ccccc2)CC1.I. The number of hydrogen-bond acceptors (Lipinski definition) is 4. The van der Waals surface area contributed by atoms with Gasteiger partial charge in [0.25, 0.3) is 0 Å². The van der Waals surface area contributed by atoms with Crippen molar-refractivity contribution < 1.29 is 4.74 Å². The number of anilines is 1. The molecular weight excluding hydrogens is 465 g/mol. The second kappa shape index (κ2) is 11.8. The summed E-state index contributed by atoms with van der Waals surface area (Å²) in [5.41, 5.74) is 1.33. The van der Waals surface area contributed by atoms with E-state index in [1.54, 1.807) is 0 Å². The minimum Gasteiger partial charge on any atom is -0.379 e. The van der Waals surface area contributed by atoms with E-state index in [2.05, 4.69) is 69.6 Å². The molecule has 7 heteroatoms. The number of ether oxygens (including phenoxy) is 1. The maximum atomic E-state index is 5.55. The number of guanidine groups is 1. The van der Waals surface area contributed by atoms with Crippen molar-refractivity contribution in [2.45, 2.75) is 44.8 Å². The van der Waals surface area contributed by atoms with Crippen molar-refractivity contribution in [3.8, 4) is 0 Å². The summed E-state index contributed by atoms with van der Waals surface area (Å²) in [4.78, 5) is 9.42. The van der Waals surface area contributed by atoms with Gasteiger partial charge in [-0.25, -0.2) is 0 Å². The zero-order valence-corrected chi connectivity index (χ0v) is 19.8. The predicted octanol–water partition coefficient (Wildman–Crippen LogP) is 2.55. The average Bonchev–Trinajstić information content (AvgIpc) is 2.72. The van der Waals surface area contributed by atoms with Crippen molar-refractivity contribution in [3.05, 3.63) is 30.3 Å². The molecule has 0 aliphatic carbocycles. The molecule has 158 valence electrons. The molecule has 2 saturated heterocycles. The number of halogens is 1. The summed E-state index contributed by atoms with van der Waals surface area (Å²) in [6.45, 7) is 10.3. The van der Waals surface area contributed by atoms with Crippen LogP contribution in [0.1, 0.15) is 26.7 Å². The molecule has 2 aliphatic heterocycles. The van der Waals surface area contributed by atoms with Gasteiger partial charge in [0.2, 0.25) is 0 Å². The number of morpholine rings is 1. The standard InChI is InChI=1S/C21H35N5O.HI/c1-17(26-13-14-27-16-18(26)2)15-23-21(22-3)24-19-9-11-25(12-10-19)20-7-5-4-6-8-20;/h4-8,17-19H,9-16H2,1-3H3,(H2,22,23,24);1H. The van der Waals surface area contributed by atoms with Crippen LogP contribution < -0.4 is 15.5 Å². The van der Waals surface area contributed by atoms with Crippen molar-refractivity contribution in [1.29, 1.82) is 0 Å². The molecule has 2 aliphatic rings. The Morgan fingerprint density at radius 2 is 1.93 bits per heavy atom. The summed E-state index contributed by atoms with van der Waals surface area (Å²) in [6.07, 6.45) is 2.26. The molecule has 2 unspecified atom stereocenters. The highest BCUT2D eigenvalue weighted by Gasteiger charge is 2.24. The van der Waals surface area contributed by atoms with E-state index in [1.165, 1.54) is 5.69 Å². The molecule has 6 nitrogen and oxygen atoms in total. The highest BCUT2D eigenvalue weighted by atomic mass is 127. The van der Waals surface area contributed by atoms with Gasteiger partial charge in [0.1, 0.15) is 0 Å². The topological polar surface area (TPSA) is 52.1 Å². The van der Waals surface area contributed by atoms with Crippen molar-refractivity contribution >= 4 is 35.6 Å².